The van der Waals surface area contributed by atoms with E-state index in [1.807, 2.05) is 12.1 Å². The van der Waals surface area contributed by atoms with Gasteiger partial charge in [0.25, 0.3) is 0 Å². The van der Waals surface area contributed by atoms with Crippen LogP contribution in [0.25, 0.3) is 22.2 Å². The molecule has 2 aliphatic carbocycles. The van der Waals surface area contributed by atoms with E-state index in [0.29, 0.717) is 17.3 Å². The fourth-order valence-electron chi connectivity index (χ4n) is 6.81. The highest BCUT2D eigenvalue weighted by Gasteiger charge is 2.46. The summed E-state index contributed by atoms with van der Waals surface area (Å²) in [5.74, 6) is 1.35. The number of piperidine rings is 1. The Bertz CT molecular complexity index is 1520. The van der Waals surface area contributed by atoms with Crippen LogP contribution in [0.3, 0.4) is 0 Å². The Morgan fingerprint density at radius 2 is 1.87 bits per heavy atom. The van der Waals surface area contributed by atoms with Crippen molar-refractivity contribution >= 4 is 22.6 Å². The lowest BCUT2D eigenvalue weighted by atomic mass is 9.56. The van der Waals surface area contributed by atoms with Crippen LogP contribution in [0, 0.1) is 18.3 Å². The van der Waals surface area contributed by atoms with Crippen molar-refractivity contribution in [2.24, 2.45) is 11.3 Å². The summed E-state index contributed by atoms with van der Waals surface area (Å²) in [6, 6.07) is 16.2. The van der Waals surface area contributed by atoms with Gasteiger partial charge < -0.3 is 14.5 Å². The van der Waals surface area contributed by atoms with Gasteiger partial charge in [0.15, 0.2) is 5.69 Å². The minimum absolute atomic E-state index is 0.0221. The van der Waals surface area contributed by atoms with Gasteiger partial charge in [0.1, 0.15) is 11.5 Å². The van der Waals surface area contributed by atoms with Crippen LogP contribution in [0.5, 0.6) is 0 Å². The first kappa shape index (κ1) is 23.4. The molecule has 0 unspecified atom stereocenters. The van der Waals surface area contributed by atoms with Crippen LogP contribution in [0.15, 0.2) is 53.1 Å². The molecule has 1 saturated heterocycles. The van der Waals surface area contributed by atoms with E-state index in [-0.39, 0.29) is 5.69 Å². The monoisotopic (exact) mass is 508 g/mol. The van der Waals surface area contributed by atoms with Gasteiger partial charge in [-0.1, -0.05) is 35.5 Å². The zero-order chi connectivity index (χ0) is 25.9. The smallest absolute Gasteiger partial charge is 0.356 e. The Labute approximate surface area is 221 Å². The van der Waals surface area contributed by atoms with E-state index < -0.39 is 5.97 Å². The molecule has 1 aliphatic heterocycles. The van der Waals surface area contributed by atoms with Gasteiger partial charge in [-0.25, -0.2) is 4.79 Å². The summed E-state index contributed by atoms with van der Waals surface area (Å²) in [6.07, 6.45) is 8.49. The molecule has 2 aromatic carbocycles. The molecule has 0 bridgehead atoms. The summed E-state index contributed by atoms with van der Waals surface area (Å²) in [6.45, 7) is 4.23. The molecule has 38 heavy (non-hydrogen) atoms. The second kappa shape index (κ2) is 8.93. The summed E-state index contributed by atoms with van der Waals surface area (Å²) in [5.41, 5.74) is 7.20. The van der Waals surface area contributed by atoms with Crippen LogP contribution in [-0.2, 0) is 6.42 Å². The van der Waals surface area contributed by atoms with E-state index >= 15 is 0 Å². The maximum Gasteiger partial charge on any atom is 0.356 e. The molecule has 7 heteroatoms. The van der Waals surface area contributed by atoms with Gasteiger partial charge >= 0.3 is 5.97 Å². The fourth-order valence-corrected chi connectivity index (χ4v) is 6.81. The predicted octanol–water partition coefficient (Wildman–Crippen LogP) is 6.41. The number of fused-ring (bicyclic) bond motifs is 1. The summed E-state index contributed by atoms with van der Waals surface area (Å²) < 4.78 is 5.95. The Morgan fingerprint density at radius 3 is 2.61 bits per heavy atom. The molecular formula is C31H32N4O3. The van der Waals surface area contributed by atoms with Crippen LogP contribution < -0.4 is 4.90 Å². The number of carbonyl (C=O) groups is 1. The van der Waals surface area contributed by atoms with Gasteiger partial charge in [-0.15, -0.1) is 10.2 Å². The number of aromatic carboxylic acids is 1. The Morgan fingerprint density at radius 1 is 1.08 bits per heavy atom. The zero-order valence-corrected chi connectivity index (χ0v) is 21.7. The molecule has 0 radical (unpaired) electrons. The van der Waals surface area contributed by atoms with Gasteiger partial charge in [-0.05, 0) is 87.0 Å². The lowest BCUT2D eigenvalue weighted by molar-refractivity contribution is 0.0282. The first-order chi connectivity index (χ1) is 18.5. The van der Waals surface area contributed by atoms with E-state index in [1.54, 1.807) is 6.07 Å². The molecule has 194 valence electrons. The number of aryl methyl sites for hydroxylation is 1. The summed E-state index contributed by atoms with van der Waals surface area (Å²) in [7, 11) is 0. The highest BCUT2D eigenvalue weighted by atomic mass is 16.5. The van der Waals surface area contributed by atoms with Crippen molar-refractivity contribution in [3.63, 3.8) is 0 Å². The van der Waals surface area contributed by atoms with E-state index in [1.165, 1.54) is 55.2 Å². The number of carboxylic acids is 1. The Kier molecular flexibility index (Phi) is 5.49. The topological polar surface area (TPSA) is 92.4 Å². The summed E-state index contributed by atoms with van der Waals surface area (Å²) in [5, 5.41) is 22.6. The van der Waals surface area contributed by atoms with Gasteiger partial charge in [-0.3, -0.25) is 0 Å². The molecule has 3 aliphatic rings. The number of benzene rings is 2. The third-order valence-corrected chi connectivity index (χ3v) is 9.08. The van der Waals surface area contributed by atoms with Crippen molar-refractivity contribution in [1.29, 1.82) is 0 Å². The number of rotatable bonds is 6. The Balaban J connectivity index is 1.02. The molecule has 3 heterocycles. The van der Waals surface area contributed by atoms with Crippen LogP contribution in [0.4, 0.5) is 5.69 Å². The summed E-state index contributed by atoms with van der Waals surface area (Å²) >= 11 is 0. The molecule has 1 spiro atoms. The number of hydrogen-bond donors (Lipinski definition) is 1. The van der Waals surface area contributed by atoms with Gasteiger partial charge in [0.05, 0.1) is 5.52 Å². The van der Waals surface area contributed by atoms with Crippen LogP contribution >= 0.6 is 0 Å². The van der Waals surface area contributed by atoms with Crippen molar-refractivity contribution in [3.8, 4) is 11.3 Å². The second-order valence-electron chi connectivity index (χ2n) is 11.7. The minimum atomic E-state index is -1.05. The van der Waals surface area contributed by atoms with E-state index in [0.717, 1.165) is 47.6 Å². The molecule has 2 saturated carbocycles. The zero-order valence-electron chi connectivity index (χ0n) is 21.7. The average molecular weight is 509 g/mol. The predicted molar refractivity (Wildman–Crippen MR) is 145 cm³/mol. The summed E-state index contributed by atoms with van der Waals surface area (Å²) in [4.78, 5) is 13.6. The molecule has 1 N–H and O–H groups in total. The van der Waals surface area contributed by atoms with Gasteiger partial charge in [0, 0.05) is 41.2 Å². The molecule has 7 nitrogen and oxygen atoms in total. The van der Waals surface area contributed by atoms with Gasteiger partial charge in [0.2, 0.25) is 0 Å². The van der Waals surface area contributed by atoms with Crippen LogP contribution in [-0.4, -0.2) is 39.5 Å². The molecular weight excluding hydrogens is 476 g/mol. The molecule has 0 amide bonds. The number of anilines is 1. The molecule has 4 aromatic rings. The van der Waals surface area contributed by atoms with Crippen molar-refractivity contribution in [3.05, 3.63) is 71.1 Å². The Hall–Kier alpha value is -3.74. The van der Waals surface area contributed by atoms with Crippen molar-refractivity contribution < 1.29 is 14.4 Å². The van der Waals surface area contributed by atoms with Crippen molar-refractivity contribution in [2.45, 2.75) is 57.8 Å². The average Bonchev–Trinajstić information content (AvgIpc) is 3.68. The van der Waals surface area contributed by atoms with Crippen molar-refractivity contribution in [2.75, 3.05) is 18.0 Å². The fraction of sp³-hybridized carbons (Fsp3) is 0.419. The highest BCUT2D eigenvalue weighted by Crippen LogP contribution is 2.55. The van der Waals surface area contributed by atoms with Gasteiger partial charge in [-0.2, -0.15) is 0 Å². The molecule has 2 aromatic heterocycles. The molecule has 3 fully saturated rings. The largest absolute Gasteiger partial charge is 0.476 e. The lowest BCUT2D eigenvalue weighted by Gasteiger charge is -2.53. The maximum absolute atomic E-state index is 11.2. The quantitative estimate of drug-likeness (QED) is 0.322. The van der Waals surface area contributed by atoms with Crippen LogP contribution in [0.1, 0.15) is 71.8 Å². The first-order valence-electron chi connectivity index (χ1n) is 13.8. The van der Waals surface area contributed by atoms with E-state index in [2.05, 4.69) is 57.5 Å². The number of hydrogen-bond acceptors (Lipinski definition) is 6. The second-order valence-corrected chi connectivity index (χ2v) is 11.7. The first-order valence-corrected chi connectivity index (χ1v) is 13.8. The minimum Gasteiger partial charge on any atom is -0.476 e. The van der Waals surface area contributed by atoms with Crippen LogP contribution in [0.2, 0.25) is 0 Å². The highest BCUT2D eigenvalue weighted by molar-refractivity contribution is 5.91. The normalized spacial score (nSPS) is 19.1. The van der Waals surface area contributed by atoms with E-state index in [9.17, 15) is 4.79 Å². The maximum atomic E-state index is 11.2. The lowest BCUT2D eigenvalue weighted by Crippen LogP contribution is -2.47. The van der Waals surface area contributed by atoms with Crippen molar-refractivity contribution in [1.82, 2.24) is 15.4 Å². The standard InChI is InChI=1S/C31H32N4O3/c1-19-4-2-3-5-24(19)28-25(29(38-34-28)21-6-7-21)14-20-17-31(18-20)10-12-35(13-11-31)23-9-8-22-15-27(30(36)37)33-32-26(22)16-23/h2-5,8-9,15-16,20-21H,6-7,10-14,17-18H2,1H3,(H,36,37). The SMILES string of the molecule is Cc1ccccc1-c1noc(C2CC2)c1CC1CC2(CCN(c3ccc4cc(C(=O)O)nnc4c3)CC2)C1. The number of aromatic nitrogens is 3. The molecule has 7 rings (SSSR count). The number of nitrogens with zero attached hydrogens (tertiary/aromatic N) is 4. The third-order valence-electron chi connectivity index (χ3n) is 9.08. The number of carboxylic acid groups (broad SMARTS) is 1. The third kappa shape index (κ3) is 4.14. The van der Waals surface area contributed by atoms with E-state index in [4.69, 9.17) is 9.63 Å². The molecule has 0 atom stereocenters.